The summed E-state index contributed by atoms with van der Waals surface area (Å²) in [4.78, 5) is 12.4. The quantitative estimate of drug-likeness (QED) is 0.0437. The van der Waals surface area contributed by atoms with E-state index in [0.29, 0.717) is 6.42 Å². The summed E-state index contributed by atoms with van der Waals surface area (Å²) < 4.78 is 0. The fraction of sp³-hybridized carbons (Fsp3) is 0.653. The second-order valence-electron chi connectivity index (χ2n) is 14.4. The fourth-order valence-corrected chi connectivity index (χ4v) is 5.93. The average Bonchev–Trinajstić information content (AvgIpc) is 3.16. The van der Waals surface area contributed by atoms with Gasteiger partial charge in [0.05, 0.1) is 18.8 Å². The van der Waals surface area contributed by atoms with Crippen LogP contribution in [0.25, 0.3) is 0 Å². The molecule has 0 heterocycles. The zero-order chi connectivity index (χ0) is 38.6. The predicted molar refractivity (Wildman–Crippen MR) is 234 cm³/mol. The van der Waals surface area contributed by atoms with Gasteiger partial charge in [0.25, 0.3) is 0 Å². The van der Waals surface area contributed by atoms with Gasteiger partial charge in [0, 0.05) is 6.42 Å². The van der Waals surface area contributed by atoms with Gasteiger partial charge < -0.3 is 15.5 Å². The lowest BCUT2D eigenvalue weighted by Gasteiger charge is -2.19. The zero-order valence-electron chi connectivity index (χ0n) is 34.5. The van der Waals surface area contributed by atoms with E-state index in [9.17, 15) is 15.0 Å². The molecule has 0 aromatic rings. The number of unbranched alkanes of at least 4 members (excludes halogenated alkanes) is 17. The first-order chi connectivity index (χ1) is 26.2. The molecule has 0 spiro atoms. The Morgan fingerprint density at radius 3 is 1.32 bits per heavy atom. The van der Waals surface area contributed by atoms with E-state index >= 15 is 0 Å². The molecule has 0 saturated heterocycles. The molecule has 2 unspecified atom stereocenters. The fourth-order valence-electron chi connectivity index (χ4n) is 5.93. The Morgan fingerprint density at radius 2 is 0.849 bits per heavy atom. The zero-order valence-corrected chi connectivity index (χ0v) is 34.5. The van der Waals surface area contributed by atoms with Gasteiger partial charge in [-0.3, -0.25) is 4.79 Å². The van der Waals surface area contributed by atoms with Crippen molar-refractivity contribution in [1.82, 2.24) is 5.32 Å². The van der Waals surface area contributed by atoms with Crippen molar-refractivity contribution in [2.45, 2.75) is 199 Å². The van der Waals surface area contributed by atoms with Crippen molar-refractivity contribution in [3.05, 3.63) is 97.2 Å². The molecule has 0 fully saturated rings. The number of carbonyl (C=O) groups is 1. The standard InChI is InChI=1S/C49H83NO3/c1-3-5-7-9-11-13-15-17-18-19-20-21-22-23-24-25-26-27-28-29-30-31-32-33-35-37-39-41-43-45-49(53)50-47(46-51)48(52)44-42-40-38-36-34-16-14-12-10-8-6-4-2/h5,7,10-13,17-18,20-21,23-24,34,36,42,44,47-48,51-52H,3-4,6,8-9,14-16,19,22,25-33,35,37-41,43,45-46H2,1-2H3,(H,50,53)/b7-5-,12-10+,13-11-,18-17-,21-20-,24-23-,36-34+,44-42+. The van der Waals surface area contributed by atoms with Crippen molar-refractivity contribution < 1.29 is 15.0 Å². The van der Waals surface area contributed by atoms with Crippen LogP contribution in [0.5, 0.6) is 0 Å². The first-order valence-corrected chi connectivity index (χ1v) is 22.0. The molecule has 4 heteroatoms. The van der Waals surface area contributed by atoms with Crippen LogP contribution in [-0.2, 0) is 4.79 Å². The van der Waals surface area contributed by atoms with Crippen molar-refractivity contribution in [2.24, 2.45) is 0 Å². The Bertz CT molecular complexity index is 1010. The van der Waals surface area contributed by atoms with E-state index in [-0.39, 0.29) is 12.5 Å². The lowest BCUT2D eigenvalue weighted by atomic mass is 10.0. The number of aliphatic hydroxyl groups is 2. The Kier molecular flexibility index (Phi) is 41.5. The first kappa shape index (κ1) is 50.3. The van der Waals surface area contributed by atoms with Crippen LogP contribution < -0.4 is 5.32 Å². The van der Waals surface area contributed by atoms with Crippen molar-refractivity contribution in [2.75, 3.05) is 6.61 Å². The topological polar surface area (TPSA) is 69.6 Å². The molecule has 53 heavy (non-hydrogen) atoms. The van der Waals surface area contributed by atoms with Gasteiger partial charge in [-0.1, -0.05) is 195 Å². The van der Waals surface area contributed by atoms with Crippen molar-refractivity contribution >= 4 is 5.91 Å². The summed E-state index contributed by atoms with van der Waals surface area (Å²) in [5.41, 5.74) is 0. The molecular weight excluding hydrogens is 651 g/mol. The average molecular weight is 734 g/mol. The molecule has 0 saturated carbocycles. The summed E-state index contributed by atoms with van der Waals surface area (Å²) in [5, 5.41) is 22.9. The third-order valence-electron chi connectivity index (χ3n) is 9.28. The normalized spacial score (nSPS) is 14.0. The molecule has 0 aromatic carbocycles. The molecule has 0 aliphatic rings. The molecular formula is C49H83NO3. The number of hydrogen-bond acceptors (Lipinski definition) is 3. The van der Waals surface area contributed by atoms with Crippen molar-refractivity contribution in [1.29, 1.82) is 0 Å². The van der Waals surface area contributed by atoms with E-state index in [4.69, 9.17) is 0 Å². The van der Waals surface area contributed by atoms with Crippen LogP contribution in [0, 0.1) is 0 Å². The van der Waals surface area contributed by atoms with E-state index in [1.165, 1.54) is 96.3 Å². The van der Waals surface area contributed by atoms with Crippen LogP contribution in [-0.4, -0.2) is 34.9 Å². The summed E-state index contributed by atoms with van der Waals surface area (Å²) >= 11 is 0. The van der Waals surface area contributed by atoms with Gasteiger partial charge in [-0.25, -0.2) is 0 Å². The molecule has 2 atom stereocenters. The number of rotatable bonds is 38. The smallest absolute Gasteiger partial charge is 0.220 e. The molecule has 0 aliphatic carbocycles. The van der Waals surface area contributed by atoms with Crippen molar-refractivity contribution in [3.8, 4) is 0 Å². The summed E-state index contributed by atoms with van der Waals surface area (Å²) in [7, 11) is 0. The Morgan fingerprint density at radius 1 is 0.472 bits per heavy atom. The largest absolute Gasteiger partial charge is 0.394 e. The second-order valence-corrected chi connectivity index (χ2v) is 14.4. The van der Waals surface area contributed by atoms with Crippen LogP contribution in [0.3, 0.4) is 0 Å². The number of allylic oxidation sites excluding steroid dienone is 15. The van der Waals surface area contributed by atoms with Crippen molar-refractivity contribution in [3.63, 3.8) is 0 Å². The maximum atomic E-state index is 12.4. The summed E-state index contributed by atoms with van der Waals surface area (Å²) in [6.07, 6.45) is 65.2. The van der Waals surface area contributed by atoms with Gasteiger partial charge in [0.1, 0.15) is 0 Å². The molecule has 0 radical (unpaired) electrons. The molecule has 0 aliphatic heterocycles. The summed E-state index contributed by atoms with van der Waals surface area (Å²) in [5.74, 6) is -0.0858. The number of hydrogen-bond donors (Lipinski definition) is 3. The third kappa shape index (κ3) is 40.3. The van der Waals surface area contributed by atoms with Gasteiger partial charge in [0.15, 0.2) is 0 Å². The second kappa shape index (κ2) is 43.7. The van der Waals surface area contributed by atoms with Gasteiger partial charge in [-0.2, -0.15) is 0 Å². The van der Waals surface area contributed by atoms with E-state index < -0.39 is 12.1 Å². The maximum absolute atomic E-state index is 12.4. The number of carbonyl (C=O) groups excluding carboxylic acids is 1. The molecule has 4 nitrogen and oxygen atoms in total. The van der Waals surface area contributed by atoms with Gasteiger partial charge in [-0.15, -0.1) is 0 Å². The van der Waals surface area contributed by atoms with Crippen LogP contribution in [0.15, 0.2) is 97.2 Å². The first-order valence-electron chi connectivity index (χ1n) is 22.0. The number of amides is 1. The van der Waals surface area contributed by atoms with Gasteiger partial charge in [-0.05, 0) is 83.5 Å². The Hall–Kier alpha value is -2.69. The SMILES string of the molecule is CC/C=C\C/C=C\C/C=C\C/C=C\C/C=C\CCCCCCCCCCCCCCCC(=O)NC(CO)C(O)/C=C/CC/C=C/CC/C=C/CCCC. The minimum absolute atomic E-state index is 0.0858. The van der Waals surface area contributed by atoms with Crippen LogP contribution in [0.2, 0.25) is 0 Å². The van der Waals surface area contributed by atoms with Gasteiger partial charge >= 0.3 is 0 Å². The van der Waals surface area contributed by atoms with E-state index in [1.54, 1.807) is 6.08 Å². The van der Waals surface area contributed by atoms with Crippen LogP contribution in [0.1, 0.15) is 187 Å². The number of nitrogens with one attached hydrogen (secondary N) is 1. The molecule has 0 aromatic heterocycles. The van der Waals surface area contributed by atoms with Crippen LogP contribution in [0.4, 0.5) is 0 Å². The predicted octanol–water partition coefficient (Wildman–Crippen LogP) is 13.8. The molecule has 302 valence electrons. The highest BCUT2D eigenvalue weighted by atomic mass is 16.3. The van der Waals surface area contributed by atoms with E-state index in [1.807, 2.05) is 6.08 Å². The van der Waals surface area contributed by atoms with E-state index in [2.05, 4.69) is 104 Å². The minimum Gasteiger partial charge on any atom is -0.394 e. The molecule has 3 N–H and O–H groups in total. The van der Waals surface area contributed by atoms with Gasteiger partial charge in [0.2, 0.25) is 5.91 Å². The van der Waals surface area contributed by atoms with Crippen LogP contribution >= 0.6 is 0 Å². The lowest BCUT2D eigenvalue weighted by Crippen LogP contribution is -2.45. The highest BCUT2D eigenvalue weighted by Crippen LogP contribution is 2.14. The molecule has 0 bridgehead atoms. The summed E-state index contributed by atoms with van der Waals surface area (Å²) in [6.45, 7) is 4.11. The Labute approximate surface area is 328 Å². The third-order valence-corrected chi connectivity index (χ3v) is 9.28. The van der Waals surface area contributed by atoms with E-state index in [0.717, 1.165) is 70.6 Å². The highest BCUT2D eigenvalue weighted by Gasteiger charge is 2.17. The molecule has 0 rings (SSSR count). The Balaban J connectivity index is 3.59. The number of aliphatic hydroxyl groups excluding tert-OH is 2. The summed E-state index contributed by atoms with van der Waals surface area (Å²) in [6, 6.07) is -0.650. The lowest BCUT2D eigenvalue weighted by molar-refractivity contribution is -0.123. The maximum Gasteiger partial charge on any atom is 0.220 e. The highest BCUT2D eigenvalue weighted by molar-refractivity contribution is 5.76. The minimum atomic E-state index is -0.874. The molecule has 1 amide bonds. The monoisotopic (exact) mass is 734 g/mol.